The molecule has 1 atom stereocenters. The van der Waals surface area contributed by atoms with Crippen molar-refractivity contribution in [3.8, 4) is 0 Å². The first kappa shape index (κ1) is 22.7. The van der Waals surface area contributed by atoms with E-state index >= 15 is 0 Å². The fraction of sp³-hybridized carbons (Fsp3) is 0.583. The van der Waals surface area contributed by atoms with Crippen molar-refractivity contribution in [1.82, 2.24) is 0 Å². The minimum Gasteiger partial charge on any atom is -0.0870 e. The van der Waals surface area contributed by atoms with E-state index in [0.29, 0.717) is 5.41 Å². The molecule has 0 bridgehead atoms. The second-order valence-corrected chi connectivity index (χ2v) is 6.93. The summed E-state index contributed by atoms with van der Waals surface area (Å²) in [5.41, 5.74) is 6.20. The van der Waals surface area contributed by atoms with Gasteiger partial charge in [0, 0.05) is 5.41 Å². The molecule has 0 radical (unpaired) electrons. The van der Waals surface area contributed by atoms with Crippen LogP contribution in [0.2, 0.25) is 0 Å². The molecule has 1 aromatic rings. The van der Waals surface area contributed by atoms with Crippen molar-refractivity contribution in [3.63, 3.8) is 0 Å². The van der Waals surface area contributed by atoms with Crippen LogP contribution in [0.3, 0.4) is 0 Å². The second kappa shape index (κ2) is 9.87. The Balaban J connectivity index is 0.00000123. The van der Waals surface area contributed by atoms with Gasteiger partial charge in [0.1, 0.15) is 0 Å². The molecule has 0 heterocycles. The van der Waals surface area contributed by atoms with Crippen LogP contribution in [0.15, 0.2) is 42.0 Å². The monoisotopic (exact) mass is 328 g/mol. The van der Waals surface area contributed by atoms with Crippen LogP contribution in [-0.2, 0) is 0 Å². The van der Waals surface area contributed by atoms with E-state index in [1.807, 2.05) is 27.7 Å². The predicted molar refractivity (Wildman–Crippen MR) is 112 cm³/mol. The van der Waals surface area contributed by atoms with Crippen molar-refractivity contribution in [2.24, 2.45) is 10.8 Å². The molecule has 0 N–H and O–H groups in total. The zero-order chi connectivity index (χ0) is 19.0. The molecule has 0 saturated heterocycles. The molecule has 0 spiro atoms. The molecule has 24 heavy (non-hydrogen) atoms. The number of hydrogen-bond acceptors (Lipinski definition) is 0. The summed E-state index contributed by atoms with van der Waals surface area (Å²) in [6.07, 6.45) is 7.18. The van der Waals surface area contributed by atoms with Crippen LogP contribution in [0.4, 0.5) is 0 Å². The van der Waals surface area contributed by atoms with Gasteiger partial charge in [-0.05, 0) is 43.2 Å². The quantitative estimate of drug-likeness (QED) is 0.480. The summed E-state index contributed by atoms with van der Waals surface area (Å²) in [5, 5.41) is 0. The average molecular weight is 329 g/mol. The maximum Gasteiger partial charge on any atom is 0.0113 e. The first-order chi connectivity index (χ1) is 11.3. The molecule has 0 heteroatoms. The Morgan fingerprint density at radius 3 is 1.88 bits per heavy atom. The molecule has 1 unspecified atom stereocenters. The van der Waals surface area contributed by atoms with Crippen molar-refractivity contribution in [1.29, 1.82) is 0 Å². The standard InChI is InChI=1S/C20H28.2C2H6/c1-7-18-19(4,5)17(13-14-20(18,6)8-2)16-11-9-15(3)10-12-16;2*1-2/h7,9-13H,8,14H2,1-6H3;2*1-2H3/b18-7-;;. The molecular weight excluding hydrogens is 288 g/mol. The summed E-state index contributed by atoms with van der Waals surface area (Å²) in [7, 11) is 0. The summed E-state index contributed by atoms with van der Waals surface area (Å²) >= 11 is 0. The average Bonchev–Trinajstić information content (AvgIpc) is 2.59. The molecule has 0 aromatic heterocycles. The third-order valence-corrected chi connectivity index (χ3v) is 5.19. The molecule has 0 fully saturated rings. The number of benzene rings is 1. The van der Waals surface area contributed by atoms with E-state index in [1.54, 1.807) is 5.57 Å². The lowest BCUT2D eigenvalue weighted by Gasteiger charge is -2.46. The normalized spacial score (nSPS) is 23.4. The third-order valence-electron chi connectivity index (χ3n) is 5.19. The SMILES string of the molecule is C/C=C1\C(C)(CC)CC=C(c2ccc(C)cc2)C1(C)C.CC.CC. The zero-order valence-electron chi connectivity index (χ0n) is 17.9. The predicted octanol–water partition coefficient (Wildman–Crippen LogP) is 8.22. The van der Waals surface area contributed by atoms with E-state index in [2.05, 4.69) is 78.0 Å². The molecule has 0 amide bonds. The fourth-order valence-electron chi connectivity index (χ4n) is 3.85. The first-order valence-electron chi connectivity index (χ1n) is 9.80. The molecule has 0 aliphatic heterocycles. The van der Waals surface area contributed by atoms with Gasteiger partial charge in [-0.1, -0.05) is 103 Å². The van der Waals surface area contributed by atoms with Gasteiger partial charge in [0.2, 0.25) is 0 Å². The zero-order valence-corrected chi connectivity index (χ0v) is 17.9. The van der Waals surface area contributed by atoms with Gasteiger partial charge in [-0.25, -0.2) is 0 Å². The number of rotatable bonds is 2. The maximum atomic E-state index is 2.47. The lowest BCUT2D eigenvalue weighted by atomic mass is 9.58. The molecule has 1 aliphatic rings. The largest absolute Gasteiger partial charge is 0.0870 e. The van der Waals surface area contributed by atoms with Gasteiger partial charge in [-0.2, -0.15) is 0 Å². The Morgan fingerprint density at radius 1 is 0.958 bits per heavy atom. The molecule has 2 rings (SSSR count). The summed E-state index contributed by atoms with van der Waals surface area (Å²) in [6, 6.07) is 8.97. The minimum absolute atomic E-state index is 0.118. The highest BCUT2D eigenvalue weighted by molar-refractivity contribution is 5.75. The molecule has 0 saturated carbocycles. The van der Waals surface area contributed by atoms with E-state index in [4.69, 9.17) is 0 Å². The number of aryl methyl sites for hydroxylation is 1. The highest BCUT2D eigenvalue weighted by atomic mass is 14.5. The van der Waals surface area contributed by atoms with Crippen molar-refractivity contribution in [2.45, 2.75) is 82.1 Å². The van der Waals surface area contributed by atoms with E-state index in [-0.39, 0.29) is 5.41 Å². The second-order valence-electron chi connectivity index (χ2n) is 6.93. The number of hydrogen-bond donors (Lipinski definition) is 0. The topological polar surface area (TPSA) is 0 Å². The summed E-state index contributed by atoms with van der Waals surface area (Å²) < 4.78 is 0. The lowest BCUT2D eigenvalue weighted by Crippen LogP contribution is -2.33. The van der Waals surface area contributed by atoms with E-state index in [0.717, 1.165) is 6.42 Å². The smallest absolute Gasteiger partial charge is 0.0113 e. The Hall–Kier alpha value is -1.30. The van der Waals surface area contributed by atoms with Gasteiger partial charge in [0.15, 0.2) is 0 Å². The van der Waals surface area contributed by atoms with E-state index in [1.165, 1.54) is 23.1 Å². The van der Waals surface area contributed by atoms with Crippen molar-refractivity contribution in [2.75, 3.05) is 0 Å². The van der Waals surface area contributed by atoms with E-state index < -0.39 is 0 Å². The van der Waals surface area contributed by atoms with Crippen molar-refractivity contribution < 1.29 is 0 Å². The highest BCUT2D eigenvalue weighted by Crippen LogP contribution is 2.55. The number of allylic oxidation sites excluding steroid dienone is 4. The summed E-state index contributed by atoms with van der Waals surface area (Å²) in [6.45, 7) is 21.8. The van der Waals surface area contributed by atoms with Gasteiger partial charge in [-0.15, -0.1) is 0 Å². The Kier molecular flexibility index (Phi) is 9.33. The highest BCUT2D eigenvalue weighted by Gasteiger charge is 2.41. The van der Waals surface area contributed by atoms with Crippen LogP contribution in [0, 0.1) is 17.8 Å². The minimum atomic E-state index is 0.118. The summed E-state index contributed by atoms with van der Waals surface area (Å²) in [4.78, 5) is 0. The van der Waals surface area contributed by atoms with E-state index in [9.17, 15) is 0 Å². The van der Waals surface area contributed by atoms with Crippen molar-refractivity contribution in [3.05, 3.63) is 53.1 Å². The first-order valence-corrected chi connectivity index (χ1v) is 9.80. The van der Waals surface area contributed by atoms with Gasteiger partial charge < -0.3 is 0 Å². The Bertz CT molecular complexity index is 540. The van der Waals surface area contributed by atoms with Crippen LogP contribution in [0.1, 0.15) is 86.3 Å². The molecule has 1 aromatic carbocycles. The van der Waals surface area contributed by atoms with Gasteiger partial charge in [-0.3, -0.25) is 0 Å². The van der Waals surface area contributed by atoms with Gasteiger partial charge >= 0.3 is 0 Å². The summed E-state index contributed by atoms with van der Waals surface area (Å²) in [5.74, 6) is 0. The van der Waals surface area contributed by atoms with Crippen molar-refractivity contribution >= 4 is 5.57 Å². The fourth-order valence-corrected chi connectivity index (χ4v) is 3.85. The van der Waals surface area contributed by atoms with Crippen LogP contribution >= 0.6 is 0 Å². The Morgan fingerprint density at radius 2 is 1.46 bits per heavy atom. The molecular formula is C24H40. The van der Waals surface area contributed by atoms with Crippen LogP contribution in [0.25, 0.3) is 5.57 Å². The van der Waals surface area contributed by atoms with Crippen LogP contribution in [0.5, 0.6) is 0 Å². The molecule has 0 nitrogen and oxygen atoms in total. The Labute approximate surface area is 152 Å². The van der Waals surface area contributed by atoms with Gasteiger partial charge in [0.05, 0.1) is 0 Å². The van der Waals surface area contributed by atoms with Gasteiger partial charge in [0.25, 0.3) is 0 Å². The van der Waals surface area contributed by atoms with Crippen LogP contribution < -0.4 is 0 Å². The molecule has 1 aliphatic carbocycles. The lowest BCUT2D eigenvalue weighted by molar-refractivity contribution is 0.311. The van der Waals surface area contributed by atoms with Crippen LogP contribution in [-0.4, -0.2) is 0 Å². The molecule has 136 valence electrons. The third kappa shape index (κ3) is 4.62. The maximum absolute atomic E-state index is 2.47.